The summed E-state index contributed by atoms with van der Waals surface area (Å²) in [5.41, 5.74) is 0.633. The van der Waals surface area contributed by atoms with Gasteiger partial charge in [-0.3, -0.25) is 24.7 Å². The van der Waals surface area contributed by atoms with Crippen LogP contribution < -0.4 is 16.4 Å². The zero-order chi connectivity index (χ0) is 15.4. The summed E-state index contributed by atoms with van der Waals surface area (Å²) in [4.78, 5) is 40.7. The van der Waals surface area contributed by atoms with Crippen molar-refractivity contribution < 1.29 is 4.79 Å². The third kappa shape index (κ3) is 4.10. The molecule has 0 saturated carbocycles. The average molecular weight is 289 g/mol. The van der Waals surface area contributed by atoms with Crippen molar-refractivity contribution in [2.24, 2.45) is 7.05 Å². The molecule has 0 bridgehead atoms. The van der Waals surface area contributed by atoms with Crippen LogP contribution in [0, 0.1) is 6.92 Å². The maximum atomic E-state index is 11.8. The Labute approximate surface area is 119 Å². The van der Waals surface area contributed by atoms with E-state index in [1.54, 1.807) is 20.0 Å². The molecule has 8 heteroatoms. The van der Waals surface area contributed by atoms with Crippen LogP contribution in [0.15, 0.2) is 27.8 Å². The van der Waals surface area contributed by atoms with Gasteiger partial charge in [-0.15, -0.1) is 0 Å². The molecule has 0 saturated heterocycles. The number of aryl methyl sites for hydroxylation is 3. The Balaban J connectivity index is 1.97. The summed E-state index contributed by atoms with van der Waals surface area (Å²) in [6.07, 6.45) is 0.554. The van der Waals surface area contributed by atoms with E-state index in [4.69, 9.17) is 0 Å². The first-order chi connectivity index (χ1) is 9.94. The van der Waals surface area contributed by atoms with Crippen LogP contribution in [0.5, 0.6) is 0 Å². The fraction of sp³-hybridized carbons (Fsp3) is 0.308. The van der Waals surface area contributed by atoms with Crippen LogP contribution in [-0.2, 0) is 18.3 Å². The predicted molar refractivity (Wildman–Crippen MR) is 76.0 cm³/mol. The number of rotatable bonds is 4. The highest BCUT2D eigenvalue weighted by atomic mass is 16.2. The molecule has 0 spiro atoms. The summed E-state index contributed by atoms with van der Waals surface area (Å²) in [5, 5.41) is 6.55. The molecule has 2 N–H and O–H groups in total. The molecular formula is C13H15N5O3. The lowest BCUT2D eigenvalue weighted by atomic mass is 10.2. The molecule has 8 nitrogen and oxygen atoms in total. The Morgan fingerprint density at radius 1 is 1.38 bits per heavy atom. The van der Waals surface area contributed by atoms with Crippen molar-refractivity contribution in [2.75, 3.05) is 5.32 Å². The summed E-state index contributed by atoms with van der Waals surface area (Å²) in [6, 6.07) is 4.33. The quantitative estimate of drug-likeness (QED) is 0.806. The molecule has 0 radical (unpaired) electrons. The van der Waals surface area contributed by atoms with E-state index in [2.05, 4.69) is 20.4 Å². The van der Waals surface area contributed by atoms with Gasteiger partial charge in [-0.2, -0.15) is 5.10 Å². The van der Waals surface area contributed by atoms with Crippen molar-refractivity contribution in [1.82, 2.24) is 19.7 Å². The van der Waals surface area contributed by atoms with E-state index in [1.807, 2.05) is 0 Å². The summed E-state index contributed by atoms with van der Waals surface area (Å²) in [7, 11) is 1.55. The Hall–Kier alpha value is -2.77. The number of aromatic amines is 1. The minimum absolute atomic E-state index is 0.124. The number of H-pyrrole nitrogens is 1. The molecule has 0 unspecified atom stereocenters. The van der Waals surface area contributed by atoms with Crippen molar-refractivity contribution in [3.63, 3.8) is 0 Å². The molecule has 110 valence electrons. The number of aromatic nitrogens is 4. The van der Waals surface area contributed by atoms with Gasteiger partial charge in [0.15, 0.2) is 0 Å². The molecule has 1 amide bonds. The summed E-state index contributed by atoms with van der Waals surface area (Å²) >= 11 is 0. The minimum atomic E-state index is -0.322. The molecule has 0 aliphatic rings. The summed E-state index contributed by atoms with van der Waals surface area (Å²) in [5.74, 6) is -0.169. The van der Waals surface area contributed by atoms with Crippen LogP contribution >= 0.6 is 0 Å². The van der Waals surface area contributed by atoms with Gasteiger partial charge in [0.2, 0.25) is 11.9 Å². The zero-order valence-electron chi connectivity index (χ0n) is 11.7. The van der Waals surface area contributed by atoms with Crippen molar-refractivity contribution in [1.29, 1.82) is 0 Å². The number of anilines is 1. The van der Waals surface area contributed by atoms with Gasteiger partial charge in [-0.05, 0) is 13.0 Å². The summed E-state index contributed by atoms with van der Waals surface area (Å²) in [6.45, 7) is 1.67. The van der Waals surface area contributed by atoms with E-state index in [0.717, 1.165) is 0 Å². The van der Waals surface area contributed by atoms with Gasteiger partial charge in [0, 0.05) is 37.7 Å². The van der Waals surface area contributed by atoms with E-state index in [1.165, 1.54) is 16.8 Å². The number of carbonyl (C=O) groups excluding carboxylic acids is 1. The normalized spacial score (nSPS) is 10.4. The molecule has 2 aromatic rings. The van der Waals surface area contributed by atoms with Gasteiger partial charge >= 0.3 is 0 Å². The first kappa shape index (κ1) is 14.6. The van der Waals surface area contributed by atoms with E-state index < -0.39 is 0 Å². The van der Waals surface area contributed by atoms with Gasteiger partial charge in [0.1, 0.15) is 0 Å². The number of hydrogen-bond donors (Lipinski definition) is 2. The summed E-state index contributed by atoms with van der Waals surface area (Å²) < 4.78 is 1.22. The monoisotopic (exact) mass is 289 g/mol. The highest BCUT2D eigenvalue weighted by Gasteiger charge is 2.07. The third-order valence-corrected chi connectivity index (χ3v) is 2.75. The Bertz CT molecular complexity index is 778. The number of nitrogens with one attached hydrogen (secondary N) is 2. The fourth-order valence-electron chi connectivity index (χ4n) is 1.76. The highest BCUT2D eigenvalue weighted by Crippen LogP contribution is 2.00. The van der Waals surface area contributed by atoms with Crippen molar-refractivity contribution in [3.05, 3.63) is 50.3 Å². The smallest absolute Gasteiger partial charge is 0.266 e. The van der Waals surface area contributed by atoms with Gasteiger partial charge in [0.05, 0.1) is 5.69 Å². The minimum Gasteiger partial charge on any atom is -0.296 e. The molecule has 2 heterocycles. The highest BCUT2D eigenvalue weighted by molar-refractivity contribution is 5.88. The van der Waals surface area contributed by atoms with Gasteiger partial charge < -0.3 is 0 Å². The van der Waals surface area contributed by atoms with E-state index in [9.17, 15) is 14.4 Å². The van der Waals surface area contributed by atoms with E-state index in [0.29, 0.717) is 17.8 Å². The molecule has 21 heavy (non-hydrogen) atoms. The van der Waals surface area contributed by atoms with E-state index in [-0.39, 0.29) is 29.4 Å². The Morgan fingerprint density at radius 2 is 2.14 bits per heavy atom. The lowest BCUT2D eigenvalue weighted by Gasteiger charge is -2.05. The molecule has 0 aromatic carbocycles. The second-order valence-corrected chi connectivity index (χ2v) is 4.57. The van der Waals surface area contributed by atoms with Crippen molar-refractivity contribution in [3.8, 4) is 0 Å². The largest absolute Gasteiger partial charge is 0.296 e. The van der Waals surface area contributed by atoms with Crippen LogP contribution in [0.3, 0.4) is 0 Å². The molecular weight excluding hydrogens is 274 g/mol. The average Bonchev–Trinajstić information content (AvgIpc) is 2.39. The Kier molecular flexibility index (Phi) is 4.27. The first-order valence-electron chi connectivity index (χ1n) is 6.35. The zero-order valence-corrected chi connectivity index (χ0v) is 11.7. The number of hydrogen-bond acceptors (Lipinski definition) is 5. The van der Waals surface area contributed by atoms with Crippen LogP contribution in [0.4, 0.5) is 5.95 Å². The number of amides is 1. The van der Waals surface area contributed by atoms with Crippen LogP contribution in [0.2, 0.25) is 0 Å². The standard InChI is InChI=1S/C13H15N5O3/c1-8-7-11(20)16-13(14-8)15-10(19)5-3-9-4-6-12(21)18(2)17-9/h4,6-7H,3,5H2,1-2H3,(H2,14,15,16,19,20). The van der Waals surface area contributed by atoms with Crippen LogP contribution in [0.1, 0.15) is 17.8 Å². The predicted octanol–water partition coefficient (Wildman–Crippen LogP) is -0.257. The van der Waals surface area contributed by atoms with Gasteiger partial charge in [-0.25, -0.2) is 9.67 Å². The van der Waals surface area contributed by atoms with Gasteiger partial charge in [-0.1, -0.05) is 0 Å². The Morgan fingerprint density at radius 3 is 2.81 bits per heavy atom. The molecule has 2 aromatic heterocycles. The molecule has 2 rings (SSSR count). The fourth-order valence-corrected chi connectivity index (χ4v) is 1.76. The van der Waals surface area contributed by atoms with Crippen molar-refractivity contribution in [2.45, 2.75) is 19.8 Å². The van der Waals surface area contributed by atoms with Crippen LogP contribution in [0.25, 0.3) is 0 Å². The molecule has 0 atom stereocenters. The van der Waals surface area contributed by atoms with E-state index >= 15 is 0 Å². The second-order valence-electron chi connectivity index (χ2n) is 4.57. The third-order valence-electron chi connectivity index (χ3n) is 2.75. The number of nitrogens with zero attached hydrogens (tertiary/aromatic N) is 3. The number of carbonyl (C=O) groups is 1. The maximum Gasteiger partial charge on any atom is 0.266 e. The molecule has 0 aliphatic heterocycles. The SMILES string of the molecule is Cc1cc(=O)[nH]c(NC(=O)CCc2ccc(=O)n(C)n2)n1. The molecule has 0 fully saturated rings. The lowest BCUT2D eigenvalue weighted by Crippen LogP contribution is -2.21. The first-order valence-corrected chi connectivity index (χ1v) is 6.35. The second kappa shape index (κ2) is 6.12. The lowest BCUT2D eigenvalue weighted by molar-refractivity contribution is -0.116. The maximum absolute atomic E-state index is 11.8. The van der Waals surface area contributed by atoms with Crippen LogP contribution in [-0.4, -0.2) is 25.7 Å². The van der Waals surface area contributed by atoms with Crippen molar-refractivity contribution >= 4 is 11.9 Å². The molecule has 0 aliphatic carbocycles. The van der Waals surface area contributed by atoms with Gasteiger partial charge in [0.25, 0.3) is 11.1 Å². The topological polar surface area (TPSA) is 110 Å².